The van der Waals surface area contributed by atoms with Crippen LogP contribution >= 0.6 is 0 Å². The standard InChI is InChI=1S/C17H21FN2O/c1-5-10(3)15-14(17(21)19-4)11(6-2)12-8-7-9-13(18)16(12)20-15/h7-10H,5-6H2,1-4H3,(H,19,21). The molecule has 1 N–H and O–H groups in total. The van der Waals surface area contributed by atoms with Gasteiger partial charge in [-0.15, -0.1) is 0 Å². The molecule has 0 saturated heterocycles. The lowest BCUT2D eigenvalue weighted by atomic mass is 9.91. The second-order valence-corrected chi connectivity index (χ2v) is 5.23. The summed E-state index contributed by atoms with van der Waals surface area (Å²) in [6.45, 7) is 6.03. The van der Waals surface area contributed by atoms with Gasteiger partial charge in [-0.3, -0.25) is 4.79 Å². The summed E-state index contributed by atoms with van der Waals surface area (Å²) in [5.74, 6) is -0.386. The predicted molar refractivity (Wildman–Crippen MR) is 83.2 cm³/mol. The number of pyridine rings is 1. The van der Waals surface area contributed by atoms with Crippen LogP contribution in [0.4, 0.5) is 4.39 Å². The van der Waals surface area contributed by atoms with Gasteiger partial charge in [-0.1, -0.05) is 32.9 Å². The van der Waals surface area contributed by atoms with Crippen LogP contribution in [0, 0.1) is 5.82 Å². The number of carbonyl (C=O) groups is 1. The van der Waals surface area contributed by atoms with E-state index in [1.54, 1.807) is 13.1 Å². The van der Waals surface area contributed by atoms with Crippen LogP contribution in [0.5, 0.6) is 0 Å². The third-order valence-corrected chi connectivity index (χ3v) is 3.99. The Bertz CT molecular complexity index is 682. The molecule has 1 aromatic carbocycles. The average molecular weight is 288 g/mol. The Morgan fingerprint density at radius 2 is 2.10 bits per heavy atom. The molecule has 0 aliphatic heterocycles. The molecule has 0 aliphatic carbocycles. The summed E-state index contributed by atoms with van der Waals surface area (Å²) in [5.41, 5.74) is 2.52. The molecule has 0 radical (unpaired) electrons. The first-order valence-corrected chi connectivity index (χ1v) is 7.38. The van der Waals surface area contributed by atoms with Gasteiger partial charge in [-0.2, -0.15) is 0 Å². The highest BCUT2D eigenvalue weighted by Gasteiger charge is 2.23. The van der Waals surface area contributed by atoms with Gasteiger partial charge in [0.1, 0.15) is 11.3 Å². The molecule has 0 bridgehead atoms. The molecule has 1 atom stereocenters. The number of aryl methyl sites for hydroxylation is 1. The summed E-state index contributed by atoms with van der Waals surface area (Å²) < 4.78 is 14.1. The third-order valence-electron chi connectivity index (χ3n) is 3.99. The number of para-hydroxylation sites is 1. The molecule has 21 heavy (non-hydrogen) atoms. The van der Waals surface area contributed by atoms with Crippen molar-refractivity contribution in [1.82, 2.24) is 10.3 Å². The van der Waals surface area contributed by atoms with E-state index in [1.165, 1.54) is 6.07 Å². The van der Waals surface area contributed by atoms with E-state index >= 15 is 0 Å². The van der Waals surface area contributed by atoms with Gasteiger partial charge in [0.2, 0.25) is 0 Å². The molecule has 0 saturated carbocycles. The third kappa shape index (κ3) is 2.62. The number of halogens is 1. The maximum absolute atomic E-state index is 14.1. The van der Waals surface area contributed by atoms with Crippen LogP contribution in [0.2, 0.25) is 0 Å². The minimum atomic E-state index is -0.338. The lowest BCUT2D eigenvalue weighted by molar-refractivity contribution is 0.0960. The Balaban J connectivity index is 2.91. The van der Waals surface area contributed by atoms with Crippen LogP contribution < -0.4 is 5.32 Å². The zero-order valence-corrected chi connectivity index (χ0v) is 13.0. The van der Waals surface area contributed by atoms with E-state index in [4.69, 9.17) is 0 Å². The number of aromatic nitrogens is 1. The van der Waals surface area contributed by atoms with Crippen molar-refractivity contribution in [1.29, 1.82) is 0 Å². The van der Waals surface area contributed by atoms with E-state index in [0.717, 1.165) is 17.4 Å². The first kappa shape index (κ1) is 15.4. The molecule has 3 nitrogen and oxygen atoms in total. The molecular weight excluding hydrogens is 267 g/mol. The van der Waals surface area contributed by atoms with Crippen LogP contribution in [-0.4, -0.2) is 17.9 Å². The molecule has 1 heterocycles. The van der Waals surface area contributed by atoms with Crippen molar-refractivity contribution < 1.29 is 9.18 Å². The van der Waals surface area contributed by atoms with Crippen molar-refractivity contribution in [2.24, 2.45) is 0 Å². The summed E-state index contributed by atoms with van der Waals surface area (Å²) >= 11 is 0. The van der Waals surface area contributed by atoms with E-state index in [2.05, 4.69) is 10.3 Å². The quantitative estimate of drug-likeness (QED) is 0.929. The van der Waals surface area contributed by atoms with E-state index < -0.39 is 0 Å². The monoisotopic (exact) mass is 288 g/mol. The van der Waals surface area contributed by atoms with Crippen molar-refractivity contribution in [3.8, 4) is 0 Å². The lowest BCUT2D eigenvalue weighted by Gasteiger charge is -2.19. The first-order chi connectivity index (χ1) is 10.0. The molecule has 0 spiro atoms. The fourth-order valence-electron chi connectivity index (χ4n) is 2.63. The fourth-order valence-corrected chi connectivity index (χ4v) is 2.63. The topological polar surface area (TPSA) is 42.0 Å². The van der Waals surface area contributed by atoms with Gasteiger partial charge >= 0.3 is 0 Å². The molecule has 112 valence electrons. The summed E-state index contributed by atoms with van der Waals surface area (Å²) in [6.07, 6.45) is 1.51. The maximum Gasteiger partial charge on any atom is 0.253 e. The van der Waals surface area contributed by atoms with Gasteiger partial charge in [0.15, 0.2) is 0 Å². The Labute approximate surface area is 124 Å². The van der Waals surface area contributed by atoms with Gasteiger partial charge in [0.25, 0.3) is 5.91 Å². The molecule has 1 aromatic heterocycles. The van der Waals surface area contributed by atoms with Gasteiger partial charge < -0.3 is 5.32 Å². The number of rotatable bonds is 4. The highest BCUT2D eigenvalue weighted by molar-refractivity contribution is 6.01. The molecule has 0 aliphatic rings. The number of carbonyl (C=O) groups excluding carboxylic acids is 1. The van der Waals surface area contributed by atoms with E-state index in [0.29, 0.717) is 23.2 Å². The molecular formula is C17H21FN2O. The Kier molecular flexibility index (Phi) is 4.56. The van der Waals surface area contributed by atoms with Crippen molar-refractivity contribution in [2.45, 2.75) is 39.5 Å². The molecule has 2 aromatic rings. The molecule has 1 unspecified atom stereocenters. The van der Waals surface area contributed by atoms with Crippen LogP contribution in [0.25, 0.3) is 10.9 Å². The molecule has 2 rings (SSSR count). The maximum atomic E-state index is 14.1. The van der Waals surface area contributed by atoms with Crippen LogP contribution in [0.3, 0.4) is 0 Å². The fraction of sp³-hybridized carbons (Fsp3) is 0.412. The zero-order valence-electron chi connectivity index (χ0n) is 13.0. The highest BCUT2D eigenvalue weighted by Crippen LogP contribution is 2.30. The zero-order chi connectivity index (χ0) is 15.6. The first-order valence-electron chi connectivity index (χ1n) is 7.38. The van der Waals surface area contributed by atoms with Crippen molar-refractivity contribution >= 4 is 16.8 Å². The minimum Gasteiger partial charge on any atom is -0.355 e. The number of hydrogen-bond acceptors (Lipinski definition) is 2. The normalized spacial score (nSPS) is 12.4. The predicted octanol–water partition coefficient (Wildman–Crippen LogP) is 3.81. The second-order valence-electron chi connectivity index (χ2n) is 5.23. The van der Waals surface area contributed by atoms with Crippen LogP contribution in [-0.2, 0) is 6.42 Å². The van der Waals surface area contributed by atoms with Crippen molar-refractivity contribution in [3.63, 3.8) is 0 Å². The number of fused-ring (bicyclic) bond motifs is 1. The van der Waals surface area contributed by atoms with Crippen LogP contribution in [0.1, 0.15) is 54.7 Å². The summed E-state index contributed by atoms with van der Waals surface area (Å²) in [6, 6.07) is 4.90. The van der Waals surface area contributed by atoms with E-state index in [-0.39, 0.29) is 17.6 Å². The van der Waals surface area contributed by atoms with Gasteiger partial charge in [0, 0.05) is 12.4 Å². The van der Waals surface area contributed by atoms with E-state index in [9.17, 15) is 9.18 Å². The molecule has 4 heteroatoms. The second kappa shape index (κ2) is 6.20. The SMILES string of the molecule is CCc1c(C(=O)NC)c(C(C)CC)nc2c(F)cccc12. The summed E-state index contributed by atoms with van der Waals surface area (Å²) in [4.78, 5) is 16.8. The Morgan fingerprint density at radius 3 is 2.67 bits per heavy atom. The minimum absolute atomic E-state index is 0.103. The van der Waals surface area contributed by atoms with Gasteiger partial charge in [0.05, 0.1) is 11.3 Å². The van der Waals surface area contributed by atoms with Crippen LogP contribution in [0.15, 0.2) is 18.2 Å². The highest BCUT2D eigenvalue weighted by atomic mass is 19.1. The van der Waals surface area contributed by atoms with Crippen molar-refractivity contribution in [3.05, 3.63) is 40.8 Å². The smallest absolute Gasteiger partial charge is 0.253 e. The Morgan fingerprint density at radius 1 is 1.38 bits per heavy atom. The van der Waals surface area contributed by atoms with Crippen molar-refractivity contribution in [2.75, 3.05) is 7.05 Å². The van der Waals surface area contributed by atoms with Gasteiger partial charge in [-0.05, 0) is 30.4 Å². The Hall–Kier alpha value is -1.97. The largest absolute Gasteiger partial charge is 0.355 e. The number of nitrogens with one attached hydrogen (secondary N) is 1. The number of nitrogens with zero attached hydrogens (tertiary/aromatic N) is 1. The summed E-state index contributed by atoms with van der Waals surface area (Å²) in [5, 5.41) is 3.41. The number of hydrogen-bond donors (Lipinski definition) is 1. The molecule has 0 fully saturated rings. The average Bonchev–Trinajstić information content (AvgIpc) is 2.52. The number of amides is 1. The van der Waals surface area contributed by atoms with Gasteiger partial charge in [-0.25, -0.2) is 9.37 Å². The number of benzene rings is 1. The van der Waals surface area contributed by atoms with E-state index in [1.807, 2.05) is 26.8 Å². The lowest BCUT2D eigenvalue weighted by Crippen LogP contribution is -2.23. The molecule has 1 amide bonds. The summed E-state index contributed by atoms with van der Waals surface area (Å²) in [7, 11) is 1.61.